The Hall–Kier alpha value is -5.98. The molecule has 0 spiro atoms. The van der Waals surface area contributed by atoms with Gasteiger partial charge in [-0.2, -0.15) is 0 Å². The number of ketones is 1. The van der Waals surface area contributed by atoms with Crippen LogP contribution in [0.15, 0.2) is 97.1 Å². The van der Waals surface area contributed by atoms with Crippen molar-refractivity contribution in [1.29, 1.82) is 0 Å². The summed E-state index contributed by atoms with van der Waals surface area (Å²) in [5.74, 6) is -1.84. The summed E-state index contributed by atoms with van der Waals surface area (Å²) in [4.78, 5) is 57.6. The van der Waals surface area contributed by atoms with Crippen LogP contribution in [-0.4, -0.2) is 26.5 Å². The van der Waals surface area contributed by atoms with Crippen LogP contribution in [-0.2, 0) is 4.74 Å². The van der Waals surface area contributed by atoms with Gasteiger partial charge in [-0.15, -0.1) is 0 Å². The summed E-state index contributed by atoms with van der Waals surface area (Å²) in [5.41, 5.74) is -1.02. The van der Waals surface area contributed by atoms with Gasteiger partial charge in [0.05, 0.1) is 26.4 Å². The van der Waals surface area contributed by atoms with Gasteiger partial charge in [0.1, 0.15) is 5.75 Å². The van der Waals surface area contributed by atoms with Gasteiger partial charge in [0, 0.05) is 29.3 Å². The highest BCUT2D eigenvalue weighted by Gasteiger charge is 2.28. The quantitative estimate of drug-likeness (QED) is 0.0997. The zero-order valence-corrected chi connectivity index (χ0v) is 20.2. The van der Waals surface area contributed by atoms with Crippen molar-refractivity contribution < 1.29 is 33.8 Å². The van der Waals surface area contributed by atoms with Gasteiger partial charge in [-0.25, -0.2) is 4.79 Å². The van der Waals surface area contributed by atoms with Crippen molar-refractivity contribution in [1.82, 2.24) is 0 Å². The van der Waals surface area contributed by atoms with Crippen molar-refractivity contribution in [2.24, 2.45) is 0 Å². The van der Waals surface area contributed by atoms with E-state index >= 15 is 0 Å². The molecule has 13 nitrogen and oxygen atoms in total. The predicted octanol–water partition coefficient (Wildman–Crippen LogP) is 5.98. The average molecular weight is 543 g/mol. The molecule has 0 amide bonds. The number of nitro groups is 3. The number of ether oxygens (including phenoxy) is 2. The maximum absolute atomic E-state index is 13.3. The maximum atomic E-state index is 13.3. The number of nitrogens with zero attached hydrogens (tertiary/aromatic N) is 3. The lowest BCUT2D eigenvalue weighted by atomic mass is 9.99. The Kier molecular flexibility index (Phi) is 7.85. The van der Waals surface area contributed by atoms with Gasteiger partial charge < -0.3 is 9.47 Å². The third-order valence-electron chi connectivity index (χ3n) is 5.58. The van der Waals surface area contributed by atoms with E-state index < -0.39 is 44.0 Å². The fraction of sp³-hybridized carbons (Fsp3) is 0.0370. The topological polar surface area (TPSA) is 182 Å². The standard InChI is InChI=1S/C27H17N3O10/c31-25(17-5-2-1-3-6-17)26(18-9-11-20(12-10-18)28(33)34)40-27(32)19-7-4-8-22(15-19)39-24-14-13-21(29(35)36)16-23(24)30(37)38/h1-16,26H/t26-/m1/s1. The molecule has 0 aromatic heterocycles. The molecule has 0 radical (unpaired) electrons. The van der Waals surface area contributed by atoms with Crippen LogP contribution >= 0.6 is 0 Å². The van der Waals surface area contributed by atoms with E-state index in [-0.39, 0.29) is 33.9 Å². The van der Waals surface area contributed by atoms with Crippen LogP contribution in [0.1, 0.15) is 32.4 Å². The van der Waals surface area contributed by atoms with E-state index in [1.165, 1.54) is 60.7 Å². The molecule has 0 bridgehead atoms. The first kappa shape index (κ1) is 27.1. The SMILES string of the molecule is O=C(O[C@@H](C(=O)c1ccccc1)c1ccc([N+](=O)[O-])cc1)c1cccc(Oc2ccc([N+](=O)[O-])cc2[N+](=O)[O-])c1. The minimum atomic E-state index is -1.45. The summed E-state index contributed by atoms with van der Waals surface area (Å²) >= 11 is 0. The van der Waals surface area contributed by atoms with Crippen LogP contribution in [0.2, 0.25) is 0 Å². The third kappa shape index (κ3) is 6.11. The molecule has 200 valence electrons. The molecule has 4 aromatic rings. The van der Waals surface area contributed by atoms with Crippen LogP contribution in [0.5, 0.6) is 11.5 Å². The zero-order valence-electron chi connectivity index (χ0n) is 20.2. The molecule has 4 rings (SSSR count). The Labute approximate surface area is 224 Å². The van der Waals surface area contributed by atoms with Gasteiger partial charge in [-0.3, -0.25) is 35.1 Å². The lowest BCUT2D eigenvalue weighted by molar-refractivity contribution is -0.394. The van der Waals surface area contributed by atoms with Gasteiger partial charge >= 0.3 is 11.7 Å². The van der Waals surface area contributed by atoms with Crippen LogP contribution in [0.4, 0.5) is 17.1 Å². The summed E-state index contributed by atoms with van der Waals surface area (Å²) in [6.07, 6.45) is -1.45. The van der Waals surface area contributed by atoms with Gasteiger partial charge in [0.15, 0.2) is 6.10 Å². The maximum Gasteiger partial charge on any atom is 0.339 e. The van der Waals surface area contributed by atoms with Gasteiger partial charge in [-0.05, 0) is 36.4 Å². The minimum absolute atomic E-state index is 0.0207. The van der Waals surface area contributed by atoms with E-state index in [2.05, 4.69) is 0 Å². The van der Waals surface area contributed by atoms with Gasteiger partial charge in [0.2, 0.25) is 11.5 Å². The highest BCUT2D eigenvalue weighted by molar-refractivity contribution is 6.02. The van der Waals surface area contributed by atoms with Crippen molar-refractivity contribution in [3.05, 3.63) is 144 Å². The number of benzene rings is 4. The van der Waals surface area contributed by atoms with Crippen molar-refractivity contribution in [3.8, 4) is 11.5 Å². The smallest absolute Gasteiger partial charge is 0.339 e. The largest absolute Gasteiger partial charge is 0.450 e. The number of hydrogen-bond acceptors (Lipinski definition) is 10. The van der Waals surface area contributed by atoms with E-state index in [0.717, 1.165) is 18.2 Å². The minimum Gasteiger partial charge on any atom is -0.450 e. The molecule has 0 fully saturated rings. The van der Waals surface area contributed by atoms with Crippen molar-refractivity contribution in [2.75, 3.05) is 0 Å². The number of carbonyl (C=O) groups is 2. The van der Waals surface area contributed by atoms with Gasteiger partial charge in [0.25, 0.3) is 11.4 Å². The van der Waals surface area contributed by atoms with Crippen LogP contribution in [0.3, 0.4) is 0 Å². The summed E-state index contributed by atoms with van der Waals surface area (Å²) < 4.78 is 11.1. The lowest BCUT2D eigenvalue weighted by Gasteiger charge is -2.18. The highest BCUT2D eigenvalue weighted by atomic mass is 16.6. The molecule has 0 saturated heterocycles. The number of non-ortho nitro benzene ring substituents is 2. The number of esters is 1. The Bertz CT molecular complexity index is 1620. The molecule has 0 N–H and O–H groups in total. The fourth-order valence-electron chi connectivity index (χ4n) is 3.63. The zero-order chi connectivity index (χ0) is 28.8. The number of rotatable bonds is 10. The lowest BCUT2D eigenvalue weighted by Crippen LogP contribution is -2.20. The third-order valence-corrected chi connectivity index (χ3v) is 5.58. The van der Waals surface area contributed by atoms with E-state index in [4.69, 9.17) is 9.47 Å². The second-order valence-electron chi connectivity index (χ2n) is 8.16. The summed E-state index contributed by atoms with van der Waals surface area (Å²) in [6, 6.07) is 21.2. The molecule has 1 atom stereocenters. The summed E-state index contributed by atoms with van der Waals surface area (Å²) in [6.45, 7) is 0. The van der Waals surface area contributed by atoms with Crippen molar-refractivity contribution in [3.63, 3.8) is 0 Å². The molecular formula is C27H17N3O10. The average Bonchev–Trinajstić information content (AvgIpc) is 2.96. The van der Waals surface area contributed by atoms with Crippen molar-refractivity contribution in [2.45, 2.75) is 6.10 Å². The van der Waals surface area contributed by atoms with Gasteiger partial charge in [-0.1, -0.05) is 36.4 Å². The Morgan fingerprint density at radius 2 is 1.27 bits per heavy atom. The second-order valence-corrected chi connectivity index (χ2v) is 8.16. The van der Waals surface area contributed by atoms with Crippen LogP contribution in [0, 0.1) is 30.3 Å². The molecule has 0 heterocycles. The van der Waals surface area contributed by atoms with Crippen molar-refractivity contribution >= 4 is 28.8 Å². The molecule has 13 heteroatoms. The normalized spacial score (nSPS) is 11.2. The molecule has 0 unspecified atom stereocenters. The van der Waals surface area contributed by atoms with E-state index in [1.54, 1.807) is 18.2 Å². The molecular weight excluding hydrogens is 526 g/mol. The Morgan fingerprint density at radius 3 is 1.90 bits per heavy atom. The first-order valence-electron chi connectivity index (χ1n) is 11.4. The summed E-state index contributed by atoms with van der Waals surface area (Å²) in [7, 11) is 0. The summed E-state index contributed by atoms with van der Waals surface area (Å²) in [5, 5.41) is 33.4. The monoisotopic (exact) mass is 543 g/mol. The molecule has 4 aromatic carbocycles. The number of Topliss-reactive ketones (excluding diaryl/α,β-unsaturated/α-hetero) is 1. The number of carbonyl (C=O) groups excluding carboxylic acids is 2. The first-order chi connectivity index (χ1) is 19.1. The second kappa shape index (κ2) is 11.6. The van der Waals surface area contributed by atoms with E-state index in [1.807, 2.05) is 0 Å². The number of hydrogen-bond donors (Lipinski definition) is 0. The van der Waals surface area contributed by atoms with Crippen LogP contribution in [0.25, 0.3) is 0 Å². The predicted molar refractivity (Wildman–Crippen MR) is 138 cm³/mol. The molecule has 0 aliphatic heterocycles. The van der Waals surface area contributed by atoms with Crippen LogP contribution < -0.4 is 4.74 Å². The molecule has 40 heavy (non-hydrogen) atoms. The first-order valence-corrected chi connectivity index (χ1v) is 11.4. The molecule has 0 aliphatic rings. The fourth-order valence-corrected chi connectivity index (χ4v) is 3.63. The molecule has 0 saturated carbocycles. The van der Waals surface area contributed by atoms with E-state index in [9.17, 15) is 39.9 Å². The Morgan fingerprint density at radius 1 is 0.650 bits per heavy atom. The van der Waals surface area contributed by atoms with E-state index in [0.29, 0.717) is 0 Å². The molecule has 0 aliphatic carbocycles. The Balaban J connectivity index is 1.62. The number of nitro benzene ring substituents is 3. The highest BCUT2D eigenvalue weighted by Crippen LogP contribution is 2.35.